The minimum Gasteiger partial charge on any atom is -0.465 e. The maximum atomic E-state index is 11.9. The number of amides is 1. The Kier molecular flexibility index (Phi) is 2.77. The number of nitrogens with one attached hydrogen (secondary N) is 1. The molecule has 0 saturated heterocycles. The number of hydrogen-bond acceptors (Lipinski definition) is 4. The predicted octanol–water partition coefficient (Wildman–Crippen LogP) is 1.64. The van der Waals surface area contributed by atoms with Crippen molar-refractivity contribution in [3.63, 3.8) is 0 Å². The topological polar surface area (TPSA) is 58.6 Å². The summed E-state index contributed by atoms with van der Waals surface area (Å²) in [5, 5.41) is 2.83. The number of methoxy groups -OCH3 is 1. The van der Waals surface area contributed by atoms with E-state index in [0.717, 1.165) is 5.69 Å². The summed E-state index contributed by atoms with van der Waals surface area (Å²) in [6, 6.07) is 5.07. The van der Waals surface area contributed by atoms with E-state index in [9.17, 15) is 9.59 Å². The average Bonchev–Trinajstić information content (AvgIpc) is 2.35. The van der Waals surface area contributed by atoms with Gasteiger partial charge in [0.1, 0.15) is 5.54 Å². The second-order valence-electron chi connectivity index (χ2n) is 4.80. The molecule has 5 nitrogen and oxygen atoms in total. The molecule has 1 aliphatic heterocycles. The molecule has 0 aliphatic carbocycles. The number of carbonyl (C=O) groups excluding carboxylic acids is 2. The summed E-state index contributed by atoms with van der Waals surface area (Å²) in [7, 11) is 3.18. The van der Waals surface area contributed by atoms with Gasteiger partial charge in [-0.25, -0.2) is 4.79 Å². The van der Waals surface area contributed by atoms with Gasteiger partial charge < -0.3 is 15.0 Å². The number of rotatable bonds is 1. The molecule has 96 valence electrons. The molecule has 1 N–H and O–H groups in total. The van der Waals surface area contributed by atoms with E-state index in [1.165, 1.54) is 7.11 Å². The Bertz CT molecular complexity index is 523. The Hall–Kier alpha value is -2.04. The van der Waals surface area contributed by atoms with Gasteiger partial charge in [-0.1, -0.05) is 0 Å². The molecule has 0 spiro atoms. The smallest absolute Gasteiger partial charge is 0.337 e. The maximum Gasteiger partial charge on any atom is 0.337 e. The second-order valence-corrected chi connectivity index (χ2v) is 4.80. The van der Waals surface area contributed by atoms with Crippen molar-refractivity contribution in [3.05, 3.63) is 23.8 Å². The fraction of sp³-hybridized carbons (Fsp3) is 0.385. The third-order valence-electron chi connectivity index (χ3n) is 3.42. The average molecular weight is 248 g/mol. The lowest BCUT2D eigenvalue weighted by Crippen LogP contribution is -2.54. The molecule has 1 aromatic carbocycles. The van der Waals surface area contributed by atoms with Crippen molar-refractivity contribution in [2.24, 2.45) is 0 Å². The highest BCUT2D eigenvalue weighted by Gasteiger charge is 2.38. The van der Waals surface area contributed by atoms with Gasteiger partial charge in [0.15, 0.2) is 0 Å². The molecule has 0 unspecified atom stereocenters. The summed E-state index contributed by atoms with van der Waals surface area (Å²) >= 11 is 0. The van der Waals surface area contributed by atoms with E-state index < -0.39 is 5.54 Å². The Morgan fingerprint density at radius 1 is 1.39 bits per heavy atom. The molecule has 0 aromatic heterocycles. The Morgan fingerprint density at radius 3 is 2.67 bits per heavy atom. The molecule has 1 aliphatic rings. The highest BCUT2D eigenvalue weighted by molar-refractivity contribution is 6.07. The first-order chi connectivity index (χ1) is 8.37. The first-order valence-electron chi connectivity index (χ1n) is 5.65. The van der Waals surface area contributed by atoms with Crippen molar-refractivity contribution in [1.29, 1.82) is 0 Å². The third kappa shape index (κ3) is 1.72. The molecular weight excluding hydrogens is 232 g/mol. The number of carbonyl (C=O) groups is 2. The molecule has 0 atom stereocenters. The zero-order chi connectivity index (χ0) is 13.5. The maximum absolute atomic E-state index is 11.9. The normalized spacial score (nSPS) is 16.9. The van der Waals surface area contributed by atoms with Gasteiger partial charge in [0.25, 0.3) is 0 Å². The van der Waals surface area contributed by atoms with Crippen LogP contribution >= 0.6 is 0 Å². The predicted molar refractivity (Wildman–Crippen MR) is 68.9 cm³/mol. The standard InChI is InChI=1S/C13H16N2O3/c1-13(2)12(17)14-9-6-5-8(11(16)18-4)7-10(9)15(13)3/h5-7H,1-4H3,(H,14,17). The summed E-state index contributed by atoms with van der Waals surface area (Å²) in [6.45, 7) is 3.66. The van der Waals surface area contributed by atoms with E-state index in [1.807, 2.05) is 25.8 Å². The summed E-state index contributed by atoms with van der Waals surface area (Å²) in [5.74, 6) is -0.454. The van der Waals surface area contributed by atoms with Gasteiger partial charge in [-0.3, -0.25) is 4.79 Å². The number of hydrogen-bond donors (Lipinski definition) is 1. The highest BCUT2D eigenvalue weighted by atomic mass is 16.5. The van der Waals surface area contributed by atoms with Crippen LogP contribution in [0.5, 0.6) is 0 Å². The number of esters is 1. The van der Waals surface area contributed by atoms with Crippen LogP contribution in [0.2, 0.25) is 0 Å². The lowest BCUT2D eigenvalue weighted by molar-refractivity contribution is -0.120. The second kappa shape index (κ2) is 4.01. The van der Waals surface area contributed by atoms with E-state index in [0.29, 0.717) is 11.3 Å². The van der Waals surface area contributed by atoms with Crippen molar-refractivity contribution < 1.29 is 14.3 Å². The van der Waals surface area contributed by atoms with Gasteiger partial charge in [0, 0.05) is 7.05 Å². The molecular formula is C13H16N2O3. The molecule has 1 amide bonds. The SMILES string of the molecule is COC(=O)c1ccc2c(c1)N(C)C(C)(C)C(=O)N2. The van der Waals surface area contributed by atoms with E-state index >= 15 is 0 Å². The fourth-order valence-corrected chi connectivity index (χ4v) is 1.89. The number of benzene rings is 1. The molecule has 1 heterocycles. The molecule has 0 bridgehead atoms. The zero-order valence-corrected chi connectivity index (χ0v) is 10.9. The molecule has 5 heteroatoms. The van der Waals surface area contributed by atoms with Crippen LogP contribution in [0.1, 0.15) is 24.2 Å². The van der Waals surface area contributed by atoms with Crippen molar-refractivity contribution in [2.75, 3.05) is 24.4 Å². The highest BCUT2D eigenvalue weighted by Crippen LogP contribution is 2.36. The number of anilines is 2. The third-order valence-corrected chi connectivity index (χ3v) is 3.42. The van der Waals surface area contributed by atoms with Gasteiger partial charge in [-0.05, 0) is 32.0 Å². The molecule has 0 radical (unpaired) electrons. The minimum absolute atomic E-state index is 0.0664. The Morgan fingerprint density at radius 2 is 2.06 bits per heavy atom. The summed E-state index contributed by atoms with van der Waals surface area (Å²) in [6.07, 6.45) is 0. The largest absolute Gasteiger partial charge is 0.465 e. The van der Waals surface area contributed by atoms with E-state index in [2.05, 4.69) is 5.32 Å². The van der Waals surface area contributed by atoms with E-state index in [4.69, 9.17) is 4.74 Å². The van der Waals surface area contributed by atoms with Crippen molar-refractivity contribution >= 4 is 23.3 Å². The van der Waals surface area contributed by atoms with Crippen LogP contribution in [-0.2, 0) is 9.53 Å². The first kappa shape index (κ1) is 12.4. The summed E-state index contributed by atoms with van der Waals surface area (Å²) in [4.78, 5) is 25.3. The number of ether oxygens (including phenoxy) is 1. The van der Waals surface area contributed by atoms with Crippen LogP contribution in [0, 0.1) is 0 Å². The van der Waals surface area contributed by atoms with Crippen molar-refractivity contribution in [3.8, 4) is 0 Å². The van der Waals surface area contributed by atoms with Gasteiger partial charge in [0.2, 0.25) is 5.91 Å². The van der Waals surface area contributed by atoms with Gasteiger partial charge in [-0.2, -0.15) is 0 Å². The van der Waals surface area contributed by atoms with Gasteiger partial charge >= 0.3 is 5.97 Å². The lowest BCUT2D eigenvalue weighted by atomic mass is 9.96. The van der Waals surface area contributed by atoms with Gasteiger partial charge in [-0.15, -0.1) is 0 Å². The van der Waals surface area contributed by atoms with E-state index in [1.54, 1.807) is 18.2 Å². The molecule has 18 heavy (non-hydrogen) atoms. The zero-order valence-electron chi connectivity index (χ0n) is 10.9. The van der Waals surface area contributed by atoms with Crippen molar-refractivity contribution in [1.82, 2.24) is 0 Å². The number of nitrogens with zero attached hydrogens (tertiary/aromatic N) is 1. The Labute approximate surface area is 106 Å². The fourth-order valence-electron chi connectivity index (χ4n) is 1.89. The summed E-state index contributed by atoms with van der Waals surface area (Å²) < 4.78 is 4.69. The van der Waals surface area contributed by atoms with Gasteiger partial charge in [0.05, 0.1) is 24.0 Å². The molecule has 1 aromatic rings. The van der Waals surface area contributed by atoms with Crippen LogP contribution in [0.3, 0.4) is 0 Å². The number of likely N-dealkylation sites (N-methyl/N-ethyl adjacent to an activating group) is 1. The minimum atomic E-state index is -0.651. The van der Waals surface area contributed by atoms with Crippen LogP contribution < -0.4 is 10.2 Å². The first-order valence-corrected chi connectivity index (χ1v) is 5.65. The quantitative estimate of drug-likeness (QED) is 0.768. The molecule has 2 rings (SSSR count). The number of fused-ring (bicyclic) bond motifs is 1. The lowest BCUT2D eigenvalue weighted by Gasteiger charge is -2.41. The molecule has 0 fully saturated rings. The van der Waals surface area contributed by atoms with Crippen LogP contribution in [-0.4, -0.2) is 31.6 Å². The summed E-state index contributed by atoms with van der Waals surface area (Å²) in [5.41, 5.74) is 1.33. The monoisotopic (exact) mass is 248 g/mol. The van der Waals surface area contributed by atoms with Crippen LogP contribution in [0.25, 0.3) is 0 Å². The van der Waals surface area contributed by atoms with Crippen LogP contribution in [0.15, 0.2) is 18.2 Å². The Balaban J connectivity index is 2.51. The van der Waals surface area contributed by atoms with E-state index in [-0.39, 0.29) is 11.9 Å². The van der Waals surface area contributed by atoms with Crippen molar-refractivity contribution in [2.45, 2.75) is 19.4 Å². The van der Waals surface area contributed by atoms with Crippen LogP contribution in [0.4, 0.5) is 11.4 Å². The molecule has 0 saturated carbocycles.